The first-order chi connectivity index (χ1) is 6.38. The van der Waals surface area contributed by atoms with Gasteiger partial charge in [-0.3, -0.25) is 4.98 Å². The standard InChI is InChI=1S/C9H11FN2O/c10-9-8(11-3-4-12-9)7-1-5-13-6-2-7/h3-4,7H,1-2,5-6H2. The molecule has 0 amide bonds. The summed E-state index contributed by atoms with van der Waals surface area (Å²) in [5.74, 6) is -0.253. The van der Waals surface area contributed by atoms with Crippen molar-refractivity contribution in [2.24, 2.45) is 0 Å². The van der Waals surface area contributed by atoms with E-state index in [2.05, 4.69) is 9.97 Å². The van der Waals surface area contributed by atoms with Gasteiger partial charge in [-0.2, -0.15) is 4.39 Å². The van der Waals surface area contributed by atoms with E-state index in [1.807, 2.05) is 0 Å². The molecule has 0 atom stereocenters. The van der Waals surface area contributed by atoms with Crippen LogP contribution in [0.5, 0.6) is 0 Å². The third kappa shape index (κ3) is 1.83. The number of rotatable bonds is 1. The summed E-state index contributed by atoms with van der Waals surface area (Å²) in [5, 5.41) is 0. The van der Waals surface area contributed by atoms with E-state index in [9.17, 15) is 4.39 Å². The molecule has 0 unspecified atom stereocenters. The van der Waals surface area contributed by atoms with Gasteiger partial charge < -0.3 is 4.74 Å². The van der Waals surface area contributed by atoms with Gasteiger partial charge in [0.1, 0.15) is 0 Å². The SMILES string of the molecule is Fc1nccnc1C1CCOCC1. The van der Waals surface area contributed by atoms with Gasteiger partial charge in [-0.15, -0.1) is 0 Å². The second-order valence-electron chi connectivity index (χ2n) is 3.12. The third-order valence-corrected chi connectivity index (χ3v) is 2.29. The number of ether oxygens (including phenoxy) is 1. The maximum atomic E-state index is 13.2. The second-order valence-corrected chi connectivity index (χ2v) is 3.12. The lowest BCUT2D eigenvalue weighted by atomic mass is 9.97. The lowest BCUT2D eigenvalue weighted by molar-refractivity contribution is 0.0835. The molecule has 3 nitrogen and oxygen atoms in total. The van der Waals surface area contributed by atoms with E-state index in [1.54, 1.807) is 0 Å². The predicted molar refractivity (Wildman–Crippen MR) is 44.8 cm³/mol. The molecular weight excluding hydrogens is 171 g/mol. The lowest BCUT2D eigenvalue weighted by Crippen LogP contribution is -2.16. The Morgan fingerprint density at radius 2 is 1.92 bits per heavy atom. The van der Waals surface area contributed by atoms with Crippen molar-refractivity contribution in [3.8, 4) is 0 Å². The van der Waals surface area contributed by atoms with Gasteiger partial charge in [-0.1, -0.05) is 0 Å². The molecule has 2 rings (SSSR count). The van der Waals surface area contributed by atoms with E-state index in [0.29, 0.717) is 18.9 Å². The van der Waals surface area contributed by atoms with Crippen LogP contribution in [0, 0.1) is 5.95 Å². The molecule has 1 aliphatic rings. The molecule has 70 valence electrons. The first-order valence-electron chi connectivity index (χ1n) is 4.42. The highest BCUT2D eigenvalue weighted by atomic mass is 19.1. The molecular formula is C9H11FN2O. The fraction of sp³-hybridized carbons (Fsp3) is 0.556. The van der Waals surface area contributed by atoms with Crippen molar-refractivity contribution in [1.29, 1.82) is 0 Å². The molecule has 0 N–H and O–H groups in total. The monoisotopic (exact) mass is 182 g/mol. The summed E-state index contributed by atoms with van der Waals surface area (Å²) in [6.07, 6.45) is 4.59. The van der Waals surface area contributed by atoms with Gasteiger partial charge >= 0.3 is 0 Å². The van der Waals surface area contributed by atoms with Crippen molar-refractivity contribution in [2.45, 2.75) is 18.8 Å². The van der Waals surface area contributed by atoms with Gasteiger partial charge in [0.15, 0.2) is 0 Å². The van der Waals surface area contributed by atoms with Crippen LogP contribution in [0.3, 0.4) is 0 Å². The van der Waals surface area contributed by atoms with E-state index < -0.39 is 5.95 Å². The van der Waals surface area contributed by atoms with Crippen LogP contribution in [0.25, 0.3) is 0 Å². The summed E-state index contributed by atoms with van der Waals surface area (Å²) in [5.41, 5.74) is 0.491. The van der Waals surface area contributed by atoms with Crippen molar-refractivity contribution in [3.05, 3.63) is 24.0 Å². The summed E-state index contributed by atoms with van der Waals surface area (Å²) in [6.45, 7) is 1.39. The van der Waals surface area contributed by atoms with Crippen LogP contribution < -0.4 is 0 Å². The first kappa shape index (κ1) is 8.56. The normalized spacial score (nSPS) is 18.8. The Morgan fingerprint density at radius 1 is 1.23 bits per heavy atom. The topological polar surface area (TPSA) is 35.0 Å². The van der Waals surface area contributed by atoms with Crippen molar-refractivity contribution in [3.63, 3.8) is 0 Å². The van der Waals surface area contributed by atoms with E-state index in [4.69, 9.17) is 4.74 Å². The van der Waals surface area contributed by atoms with E-state index in [0.717, 1.165) is 12.8 Å². The van der Waals surface area contributed by atoms with Gasteiger partial charge in [0.25, 0.3) is 0 Å². The lowest BCUT2D eigenvalue weighted by Gasteiger charge is -2.21. The number of hydrogen-bond donors (Lipinski definition) is 0. The minimum Gasteiger partial charge on any atom is -0.381 e. The van der Waals surface area contributed by atoms with E-state index in [1.165, 1.54) is 12.4 Å². The van der Waals surface area contributed by atoms with Crippen molar-refractivity contribution in [1.82, 2.24) is 9.97 Å². The summed E-state index contributed by atoms with van der Waals surface area (Å²) in [6, 6.07) is 0. The summed E-state index contributed by atoms with van der Waals surface area (Å²) in [4.78, 5) is 7.59. The van der Waals surface area contributed by atoms with Crippen LogP contribution in [-0.4, -0.2) is 23.2 Å². The summed E-state index contributed by atoms with van der Waals surface area (Å²) >= 11 is 0. The summed E-state index contributed by atoms with van der Waals surface area (Å²) < 4.78 is 18.4. The van der Waals surface area contributed by atoms with Gasteiger partial charge in [-0.05, 0) is 12.8 Å². The van der Waals surface area contributed by atoms with Gasteiger partial charge in [0.2, 0.25) is 5.95 Å². The van der Waals surface area contributed by atoms with E-state index in [-0.39, 0.29) is 5.92 Å². The number of hydrogen-bond acceptors (Lipinski definition) is 3. The van der Waals surface area contributed by atoms with Crippen molar-refractivity contribution < 1.29 is 9.13 Å². The zero-order valence-corrected chi connectivity index (χ0v) is 7.24. The molecule has 1 aliphatic heterocycles. The van der Waals surface area contributed by atoms with Crippen LogP contribution in [0.15, 0.2) is 12.4 Å². The van der Waals surface area contributed by atoms with Crippen molar-refractivity contribution in [2.75, 3.05) is 13.2 Å². The van der Waals surface area contributed by atoms with Crippen LogP contribution in [0.4, 0.5) is 4.39 Å². The second kappa shape index (κ2) is 3.79. The molecule has 0 aromatic carbocycles. The number of nitrogens with zero attached hydrogens (tertiary/aromatic N) is 2. The predicted octanol–water partition coefficient (Wildman–Crippen LogP) is 1.51. The molecule has 0 bridgehead atoms. The zero-order chi connectivity index (χ0) is 9.10. The third-order valence-electron chi connectivity index (χ3n) is 2.29. The molecule has 13 heavy (non-hydrogen) atoms. The minimum atomic E-state index is -0.436. The molecule has 1 fully saturated rings. The smallest absolute Gasteiger partial charge is 0.234 e. The maximum Gasteiger partial charge on any atom is 0.234 e. The average molecular weight is 182 g/mol. The highest BCUT2D eigenvalue weighted by Crippen LogP contribution is 2.25. The molecule has 1 aromatic rings. The van der Waals surface area contributed by atoms with E-state index >= 15 is 0 Å². The molecule has 0 radical (unpaired) electrons. The molecule has 0 aliphatic carbocycles. The average Bonchev–Trinajstić information content (AvgIpc) is 2.20. The Morgan fingerprint density at radius 3 is 2.62 bits per heavy atom. The molecule has 1 aromatic heterocycles. The van der Waals surface area contributed by atoms with Gasteiger partial charge in [0, 0.05) is 31.5 Å². The Balaban J connectivity index is 2.18. The molecule has 1 saturated heterocycles. The molecule has 4 heteroatoms. The Kier molecular flexibility index (Phi) is 2.49. The van der Waals surface area contributed by atoms with Crippen molar-refractivity contribution >= 4 is 0 Å². The van der Waals surface area contributed by atoms with Crippen LogP contribution in [0.2, 0.25) is 0 Å². The fourth-order valence-corrected chi connectivity index (χ4v) is 1.58. The number of halogens is 1. The highest BCUT2D eigenvalue weighted by molar-refractivity contribution is 5.06. The fourth-order valence-electron chi connectivity index (χ4n) is 1.58. The largest absolute Gasteiger partial charge is 0.381 e. The Labute approximate surface area is 76.0 Å². The zero-order valence-electron chi connectivity index (χ0n) is 7.24. The van der Waals surface area contributed by atoms with Gasteiger partial charge in [0.05, 0.1) is 5.69 Å². The quantitative estimate of drug-likeness (QED) is 0.660. The molecule has 0 spiro atoms. The Bertz CT molecular complexity index is 287. The maximum absolute atomic E-state index is 13.2. The first-order valence-corrected chi connectivity index (χ1v) is 4.42. The highest BCUT2D eigenvalue weighted by Gasteiger charge is 2.20. The summed E-state index contributed by atoms with van der Waals surface area (Å²) in [7, 11) is 0. The Hall–Kier alpha value is -1.03. The van der Waals surface area contributed by atoms with Crippen LogP contribution >= 0.6 is 0 Å². The minimum absolute atomic E-state index is 0.183. The molecule has 2 heterocycles. The molecule has 0 saturated carbocycles. The number of aromatic nitrogens is 2. The van der Waals surface area contributed by atoms with Crippen LogP contribution in [0.1, 0.15) is 24.5 Å². The van der Waals surface area contributed by atoms with Gasteiger partial charge in [-0.25, -0.2) is 4.98 Å². The van der Waals surface area contributed by atoms with Crippen LogP contribution in [-0.2, 0) is 4.74 Å².